The van der Waals surface area contributed by atoms with Crippen LogP contribution in [0.1, 0.15) is 17.5 Å². The lowest BCUT2D eigenvalue weighted by atomic mass is 10.1. The quantitative estimate of drug-likeness (QED) is 0.714. The monoisotopic (exact) mass is 420 g/mol. The van der Waals surface area contributed by atoms with Crippen LogP contribution in [0.25, 0.3) is 0 Å². The van der Waals surface area contributed by atoms with Crippen molar-refractivity contribution in [2.45, 2.75) is 24.7 Å². The van der Waals surface area contributed by atoms with E-state index in [1.54, 1.807) is 12.1 Å². The third kappa shape index (κ3) is 5.20. The Balaban J connectivity index is 1.72. The molecule has 1 fully saturated rings. The van der Waals surface area contributed by atoms with Crippen molar-refractivity contribution in [1.82, 2.24) is 0 Å². The number of rotatable bonds is 7. The van der Waals surface area contributed by atoms with Crippen molar-refractivity contribution in [3.63, 3.8) is 0 Å². The molecule has 2 aromatic carbocycles. The third-order valence-electron chi connectivity index (χ3n) is 4.69. The number of thioether (sulfide) groups is 1. The van der Waals surface area contributed by atoms with Gasteiger partial charge < -0.3 is 10.0 Å². The molecule has 2 N–H and O–H groups in total. The van der Waals surface area contributed by atoms with E-state index in [0.29, 0.717) is 12.1 Å². The maximum Gasteiger partial charge on any atom is 0.303 e. The molecule has 1 heterocycles. The van der Waals surface area contributed by atoms with Gasteiger partial charge in [-0.2, -0.15) is 11.8 Å². The molecule has 6 nitrogen and oxygen atoms in total. The van der Waals surface area contributed by atoms with Gasteiger partial charge in [0.1, 0.15) is 0 Å². The predicted octanol–water partition coefficient (Wildman–Crippen LogP) is 3.37. The summed E-state index contributed by atoms with van der Waals surface area (Å²) in [6.07, 6.45) is 0.393. The van der Waals surface area contributed by atoms with Gasteiger partial charge in [-0.05, 0) is 54.8 Å². The normalized spacial score (nSPS) is 14.7. The van der Waals surface area contributed by atoms with Gasteiger partial charge in [-0.1, -0.05) is 12.1 Å². The van der Waals surface area contributed by atoms with Crippen molar-refractivity contribution in [2.24, 2.45) is 0 Å². The summed E-state index contributed by atoms with van der Waals surface area (Å²) in [4.78, 5) is 13.1. The van der Waals surface area contributed by atoms with E-state index in [0.717, 1.165) is 41.4 Å². The molecule has 28 heavy (non-hydrogen) atoms. The Morgan fingerprint density at radius 1 is 1.14 bits per heavy atom. The highest BCUT2D eigenvalue weighted by Crippen LogP contribution is 2.26. The molecular formula is C20H24N2O4S2. The summed E-state index contributed by atoms with van der Waals surface area (Å²) in [6, 6.07) is 12.1. The van der Waals surface area contributed by atoms with Crippen LogP contribution in [0.2, 0.25) is 0 Å². The van der Waals surface area contributed by atoms with Gasteiger partial charge in [0.05, 0.1) is 10.6 Å². The molecule has 1 aliphatic heterocycles. The SMILES string of the molecule is Cc1cc(N2CCSCC2)ccc1NS(=O)(=O)c1ccc(CCC(=O)O)cc1. The van der Waals surface area contributed by atoms with Crippen LogP contribution in [0.3, 0.4) is 0 Å². The minimum absolute atomic E-state index is 0.0194. The largest absolute Gasteiger partial charge is 0.481 e. The highest BCUT2D eigenvalue weighted by molar-refractivity contribution is 7.99. The zero-order valence-corrected chi connectivity index (χ0v) is 17.4. The lowest BCUT2D eigenvalue weighted by Crippen LogP contribution is -2.32. The predicted molar refractivity (Wildman–Crippen MR) is 114 cm³/mol. The summed E-state index contributed by atoms with van der Waals surface area (Å²) in [5.74, 6) is 1.34. The van der Waals surface area contributed by atoms with Crippen LogP contribution in [0.4, 0.5) is 11.4 Å². The molecule has 0 unspecified atom stereocenters. The molecule has 2 aromatic rings. The molecule has 150 valence electrons. The van der Waals surface area contributed by atoms with E-state index >= 15 is 0 Å². The van der Waals surface area contributed by atoms with E-state index in [1.165, 1.54) is 12.1 Å². The van der Waals surface area contributed by atoms with E-state index in [4.69, 9.17) is 5.11 Å². The molecule has 1 saturated heterocycles. The fourth-order valence-electron chi connectivity index (χ4n) is 3.07. The van der Waals surface area contributed by atoms with Gasteiger partial charge in [0.25, 0.3) is 10.0 Å². The number of benzene rings is 2. The van der Waals surface area contributed by atoms with Crippen LogP contribution in [0, 0.1) is 6.92 Å². The standard InChI is InChI=1S/C20H24N2O4S2/c1-15-14-17(22-10-12-27-13-11-22)5-8-19(15)21-28(25,26)18-6-2-16(3-7-18)4-9-20(23)24/h2-3,5-8,14,21H,4,9-13H2,1H3,(H,23,24). The van der Waals surface area contributed by atoms with Gasteiger partial charge in [0, 0.05) is 36.7 Å². The van der Waals surface area contributed by atoms with E-state index in [9.17, 15) is 13.2 Å². The van der Waals surface area contributed by atoms with Gasteiger partial charge in [-0.3, -0.25) is 9.52 Å². The Labute approximate surface area is 170 Å². The second kappa shape index (κ2) is 8.87. The molecule has 0 spiro atoms. The summed E-state index contributed by atoms with van der Waals surface area (Å²) in [5, 5.41) is 8.74. The molecule has 0 radical (unpaired) electrons. The summed E-state index contributed by atoms with van der Waals surface area (Å²) in [5.41, 5.74) is 3.34. The fraction of sp³-hybridized carbons (Fsp3) is 0.350. The minimum atomic E-state index is -3.70. The first kappa shape index (κ1) is 20.5. The Bertz CT molecular complexity index is 937. The van der Waals surface area contributed by atoms with Crippen LogP contribution in [0.15, 0.2) is 47.4 Å². The molecule has 0 saturated carbocycles. The molecule has 0 bridgehead atoms. The maximum atomic E-state index is 12.7. The minimum Gasteiger partial charge on any atom is -0.481 e. The lowest BCUT2D eigenvalue weighted by Gasteiger charge is -2.29. The van der Waals surface area contributed by atoms with Crippen molar-refractivity contribution in [3.8, 4) is 0 Å². The van der Waals surface area contributed by atoms with Gasteiger partial charge in [0.2, 0.25) is 0 Å². The number of carboxylic acids is 1. The van der Waals surface area contributed by atoms with E-state index in [2.05, 4.69) is 9.62 Å². The lowest BCUT2D eigenvalue weighted by molar-refractivity contribution is -0.136. The number of carbonyl (C=O) groups is 1. The first-order chi connectivity index (χ1) is 13.3. The van der Waals surface area contributed by atoms with Crippen LogP contribution >= 0.6 is 11.8 Å². The summed E-state index contributed by atoms with van der Waals surface area (Å²) in [6.45, 7) is 3.90. The van der Waals surface area contributed by atoms with Gasteiger partial charge in [-0.15, -0.1) is 0 Å². The molecule has 0 aromatic heterocycles. The van der Waals surface area contributed by atoms with Crippen molar-refractivity contribution in [1.29, 1.82) is 0 Å². The van der Waals surface area contributed by atoms with Crippen molar-refractivity contribution < 1.29 is 18.3 Å². The van der Waals surface area contributed by atoms with Crippen LogP contribution < -0.4 is 9.62 Å². The van der Waals surface area contributed by atoms with E-state index < -0.39 is 16.0 Å². The average molecular weight is 421 g/mol. The first-order valence-electron chi connectivity index (χ1n) is 9.12. The van der Waals surface area contributed by atoms with Crippen LogP contribution in [-0.2, 0) is 21.2 Å². The van der Waals surface area contributed by atoms with Crippen LogP contribution in [0.5, 0.6) is 0 Å². The topological polar surface area (TPSA) is 86.7 Å². The number of anilines is 2. The number of nitrogens with zero attached hydrogens (tertiary/aromatic N) is 1. The number of aliphatic carboxylic acids is 1. The highest BCUT2D eigenvalue weighted by atomic mass is 32.2. The summed E-state index contributed by atoms with van der Waals surface area (Å²) < 4.78 is 28.1. The molecule has 3 rings (SSSR count). The molecule has 0 aliphatic carbocycles. The summed E-state index contributed by atoms with van der Waals surface area (Å²) in [7, 11) is -3.70. The average Bonchev–Trinajstić information content (AvgIpc) is 2.69. The number of nitrogens with one attached hydrogen (secondary N) is 1. The number of sulfonamides is 1. The third-order valence-corrected chi connectivity index (χ3v) is 7.02. The second-order valence-electron chi connectivity index (χ2n) is 6.74. The summed E-state index contributed by atoms with van der Waals surface area (Å²) >= 11 is 1.95. The smallest absolute Gasteiger partial charge is 0.303 e. The zero-order chi connectivity index (χ0) is 20.1. The zero-order valence-electron chi connectivity index (χ0n) is 15.7. The number of carboxylic acid groups (broad SMARTS) is 1. The molecular weight excluding hydrogens is 396 g/mol. The van der Waals surface area contributed by atoms with Crippen molar-refractivity contribution >= 4 is 39.1 Å². The number of hydrogen-bond acceptors (Lipinski definition) is 5. The number of hydrogen-bond donors (Lipinski definition) is 2. The van der Waals surface area contributed by atoms with Gasteiger partial charge >= 0.3 is 5.97 Å². The van der Waals surface area contributed by atoms with Crippen molar-refractivity contribution in [2.75, 3.05) is 34.2 Å². The first-order valence-corrected chi connectivity index (χ1v) is 11.8. The molecule has 0 atom stereocenters. The highest BCUT2D eigenvalue weighted by Gasteiger charge is 2.17. The maximum absolute atomic E-state index is 12.7. The van der Waals surface area contributed by atoms with Gasteiger partial charge in [0.15, 0.2) is 0 Å². The Morgan fingerprint density at radius 2 is 1.82 bits per heavy atom. The Morgan fingerprint density at radius 3 is 2.43 bits per heavy atom. The molecule has 0 amide bonds. The Kier molecular flexibility index (Phi) is 6.51. The van der Waals surface area contributed by atoms with Crippen LogP contribution in [-0.4, -0.2) is 44.1 Å². The van der Waals surface area contributed by atoms with Crippen molar-refractivity contribution in [3.05, 3.63) is 53.6 Å². The van der Waals surface area contributed by atoms with Gasteiger partial charge in [-0.25, -0.2) is 8.42 Å². The van der Waals surface area contributed by atoms with E-state index in [1.807, 2.05) is 36.9 Å². The molecule has 8 heteroatoms. The fourth-order valence-corrected chi connectivity index (χ4v) is 5.10. The second-order valence-corrected chi connectivity index (χ2v) is 9.65. The van der Waals surface area contributed by atoms with E-state index in [-0.39, 0.29) is 11.3 Å². The number of aryl methyl sites for hydroxylation is 2. The molecule has 1 aliphatic rings. The Hall–Kier alpha value is -2.19.